The number of nitrogens with zero attached hydrogens (tertiary/aromatic N) is 6. The molecule has 0 radical (unpaired) electrons. The van der Waals surface area contributed by atoms with Gasteiger partial charge in [0.2, 0.25) is 5.95 Å². The lowest BCUT2D eigenvalue weighted by molar-refractivity contribution is 0.485. The van der Waals surface area contributed by atoms with E-state index in [1.54, 1.807) is 24.5 Å². The molecule has 36 heavy (non-hydrogen) atoms. The van der Waals surface area contributed by atoms with Gasteiger partial charge in [0.05, 0.1) is 17.1 Å². The maximum atomic E-state index is 13.6. The predicted octanol–water partition coefficient (Wildman–Crippen LogP) is 3.15. The van der Waals surface area contributed by atoms with Gasteiger partial charge < -0.3 is 15.5 Å². The number of nitrogens with one attached hydrogen (secondary N) is 2. The Kier molecular flexibility index (Phi) is 5.50. The lowest BCUT2D eigenvalue weighted by Gasteiger charge is -2.33. The van der Waals surface area contributed by atoms with E-state index >= 15 is 0 Å². The Morgan fingerprint density at radius 2 is 1.83 bits per heavy atom. The van der Waals surface area contributed by atoms with E-state index in [0.29, 0.717) is 16.9 Å². The Balaban J connectivity index is 1.31. The summed E-state index contributed by atoms with van der Waals surface area (Å²) in [5.74, 6) is 0.277. The van der Waals surface area contributed by atoms with E-state index in [2.05, 4.69) is 54.6 Å². The topological polar surface area (TPSA) is 118 Å². The summed E-state index contributed by atoms with van der Waals surface area (Å²) in [5, 5.41) is 12.0. The van der Waals surface area contributed by atoms with Crippen molar-refractivity contribution < 1.29 is 8.42 Å². The van der Waals surface area contributed by atoms with Crippen LogP contribution in [0.1, 0.15) is 6.92 Å². The SMILES string of the molecule is CC1CN(c2ccc(Nc3ncc4cnn(S(=O)(=O)c5cccc6cccnc56)c4n3)cc2)CCN1. The van der Waals surface area contributed by atoms with Gasteiger partial charge in [-0.05, 0) is 43.3 Å². The van der Waals surface area contributed by atoms with Crippen LogP contribution >= 0.6 is 0 Å². The normalized spacial score (nSPS) is 16.5. The lowest BCUT2D eigenvalue weighted by Crippen LogP contribution is -2.49. The van der Waals surface area contributed by atoms with Gasteiger partial charge in [-0.1, -0.05) is 18.2 Å². The molecule has 4 heterocycles. The molecule has 0 bridgehead atoms. The molecule has 2 N–H and O–H groups in total. The minimum atomic E-state index is -4.05. The summed E-state index contributed by atoms with van der Waals surface area (Å²) in [6.45, 7) is 5.05. The number of benzene rings is 2. The van der Waals surface area contributed by atoms with E-state index in [-0.39, 0.29) is 16.5 Å². The Morgan fingerprint density at radius 3 is 2.67 bits per heavy atom. The number of piperazine rings is 1. The molecular weight excluding hydrogens is 476 g/mol. The average molecular weight is 501 g/mol. The van der Waals surface area contributed by atoms with Crippen LogP contribution in [0, 0.1) is 0 Å². The molecular formula is C25H24N8O2S. The van der Waals surface area contributed by atoms with Gasteiger partial charge >= 0.3 is 0 Å². The van der Waals surface area contributed by atoms with Crippen LogP contribution in [0.4, 0.5) is 17.3 Å². The zero-order chi connectivity index (χ0) is 24.7. The second-order valence-corrected chi connectivity index (χ2v) is 10.5. The molecule has 1 unspecified atom stereocenters. The van der Waals surface area contributed by atoms with Crippen LogP contribution in [0.25, 0.3) is 21.9 Å². The van der Waals surface area contributed by atoms with Crippen molar-refractivity contribution >= 4 is 49.3 Å². The van der Waals surface area contributed by atoms with Crippen molar-refractivity contribution in [3.05, 3.63) is 73.2 Å². The predicted molar refractivity (Wildman–Crippen MR) is 139 cm³/mol. The molecule has 0 aliphatic carbocycles. The highest BCUT2D eigenvalue weighted by Crippen LogP contribution is 2.26. The molecule has 0 saturated carbocycles. The molecule has 1 saturated heterocycles. The van der Waals surface area contributed by atoms with Crippen LogP contribution in [0.5, 0.6) is 0 Å². The van der Waals surface area contributed by atoms with E-state index in [1.807, 2.05) is 24.3 Å². The van der Waals surface area contributed by atoms with E-state index in [9.17, 15) is 8.42 Å². The number of hydrogen-bond acceptors (Lipinski definition) is 9. The Labute approximate surface area is 208 Å². The first kappa shape index (κ1) is 22.4. The second-order valence-electron chi connectivity index (χ2n) is 8.77. The van der Waals surface area contributed by atoms with Crippen LogP contribution in [0.2, 0.25) is 0 Å². The third kappa shape index (κ3) is 4.01. The number of aromatic nitrogens is 5. The molecule has 1 atom stereocenters. The summed E-state index contributed by atoms with van der Waals surface area (Å²) in [4.78, 5) is 15.5. The summed E-state index contributed by atoms with van der Waals surface area (Å²) in [6.07, 6.45) is 4.57. The number of hydrogen-bond donors (Lipinski definition) is 2. The molecule has 3 aromatic heterocycles. The number of rotatable bonds is 5. The maximum absolute atomic E-state index is 13.6. The van der Waals surface area contributed by atoms with Gasteiger partial charge in [0.1, 0.15) is 4.90 Å². The summed E-state index contributed by atoms with van der Waals surface area (Å²) in [6, 6.07) is 17.1. The van der Waals surface area contributed by atoms with Crippen molar-refractivity contribution in [1.82, 2.24) is 29.5 Å². The van der Waals surface area contributed by atoms with Crippen LogP contribution in [0.3, 0.4) is 0 Å². The number of anilines is 3. The highest BCUT2D eigenvalue weighted by Gasteiger charge is 2.24. The average Bonchev–Trinajstić information content (AvgIpc) is 3.33. The monoisotopic (exact) mass is 500 g/mol. The number of para-hydroxylation sites is 1. The third-order valence-electron chi connectivity index (χ3n) is 6.24. The third-order valence-corrected chi connectivity index (χ3v) is 7.85. The first-order valence-corrected chi connectivity index (χ1v) is 13.1. The Hall–Kier alpha value is -4.09. The highest BCUT2D eigenvalue weighted by atomic mass is 32.2. The lowest BCUT2D eigenvalue weighted by atomic mass is 10.2. The smallest absolute Gasteiger partial charge is 0.287 e. The van der Waals surface area contributed by atoms with Gasteiger partial charge in [-0.3, -0.25) is 4.98 Å². The molecule has 182 valence electrons. The van der Waals surface area contributed by atoms with Gasteiger partial charge in [0.15, 0.2) is 5.65 Å². The molecule has 1 aliphatic rings. The van der Waals surface area contributed by atoms with Gasteiger partial charge in [0.25, 0.3) is 10.0 Å². The summed E-state index contributed by atoms with van der Waals surface area (Å²) in [5.41, 5.74) is 2.52. The van der Waals surface area contributed by atoms with Crippen molar-refractivity contribution in [2.24, 2.45) is 0 Å². The van der Waals surface area contributed by atoms with Crippen molar-refractivity contribution in [2.75, 3.05) is 29.9 Å². The highest BCUT2D eigenvalue weighted by molar-refractivity contribution is 7.90. The van der Waals surface area contributed by atoms with Crippen molar-refractivity contribution in [3.63, 3.8) is 0 Å². The first-order chi connectivity index (χ1) is 17.5. The molecule has 10 nitrogen and oxygen atoms in total. The minimum absolute atomic E-state index is 0.0662. The van der Waals surface area contributed by atoms with E-state index in [4.69, 9.17) is 0 Å². The number of pyridine rings is 1. The van der Waals surface area contributed by atoms with Crippen molar-refractivity contribution in [1.29, 1.82) is 0 Å². The summed E-state index contributed by atoms with van der Waals surface area (Å²) < 4.78 is 28.1. The van der Waals surface area contributed by atoms with Crippen LogP contribution in [0.15, 0.2) is 78.1 Å². The fourth-order valence-corrected chi connectivity index (χ4v) is 5.86. The Morgan fingerprint density at radius 1 is 1.00 bits per heavy atom. The molecule has 2 aromatic carbocycles. The fourth-order valence-electron chi connectivity index (χ4n) is 4.46. The largest absolute Gasteiger partial charge is 0.369 e. The van der Waals surface area contributed by atoms with Gasteiger partial charge in [0, 0.05) is 54.8 Å². The Bertz CT molecular complexity index is 1660. The van der Waals surface area contributed by atoms with E-state index in [0.717, 1.165) is 40.5 Å². The molecule has 0 spiro atoms. The van der Waals surface area contributed by atoms with Gasteiger partial charge in [-0.25, -0.2) is 4.98 Å². The second kappa shape index (κ2) is 8.85. The minimum Gasteiger partial charge on any atom is -0.369 e. The van der Waals surface area contributed by atoms with Crippen molar-refractivity contribution in [2.45, 2.75) is 17.9 Å². The molecule has 1 aliphatic heterocycles. The van der Waals surface area contributed by atoms with Crippen LogP contribution < -0.4 is 15.5 Å². The summed E-state index contributed by atoms with van der Waals surface area (Å²) in [7, 11) is -4.05. The molecule has 6 rings (SSSR count). The van der Waals surface area contributed by atoms with Crippen LogP contribution in [-0.4, -0.2) is 58.2 Å². The van der Waals surface area contributed by atoms with Gasteiger partial charge in [-0.2, -0.15) is 18.5 Å². The molecule has 11 heteroatoms. The number of fused-ring (bicyclic) bond motifs is 2. The molecule has 0 amide bonds. The van der Waals surface area contributed by atoms with E-state index in [1.165, 1.54) is 12.3 Å². The molecule has 1 fully saturated rings. The fraction of sp³-hybridized carbons (Fsp3) is 0.200. The van der Waals surface area contributed by atoms with E-state index < -0.39 is 10.0 Å². The summed E-state index contributed by atoms with van der Waals surface area (Å²) >= 11 is 0. The van der Waals surface area contributed by atoms with Crippen molar-refractivity contribution in [3.8, 4) is 0 Å². The zero-order valence-corrected chi connectivity index (χ0v) is 20.4. The zero-order valence-electron chi connectivity index (χ0n) is 19.5. The quantitative estimate of drug-likeness (QED) is 0.375. The first-order valence-electron chi connectivity index (χ1n) is 11.6. The maximum Gasteiger partial charge on any atom is 0.287 e. The molecule has 5 aromatic rings. The van der Waals surface area contributed by atoms with Crippen LogP contribution in [-0.2, 0) is 10.0 Å². The standard InChI is InChI=1S/C25H24N8O2S/c1-17-16-32(13-12-26-17)21-9-7-20(8-10-21)30-25-28-14-19-15-29-33(24(19)31-25)36(34,35)22-6-2-4-18-5-3-11-27-23(18)22/h2-11,14-15,17,26H,12-13,16H2,1H3,(H,28,30,31). The van der Waals surface area contributed by atoms with Gasteiger partial charge in [-0.15, -0.1) is 4.09 Å².